The number of nitrogens with one attached hydrogen (secondary N) is 2. The number of amides is 1. The average Bonchev–Trinajstić information content (AvgIpc) is 3.30. The smallest absolute Gasteiger partial charge is 0.275 e. The minimum atomic E-state index is -0.735. The first-order valence-corrected chi connectivity index (χ1v) is 10.8. The van der Waals surface area contributed by atoms with Crippen LogP contribution in [-0.4, -0.2) is 59.8 Å². The zero-order valence-corrected chi connectivity index (χ0v) is 19.7. The molecule has 0 bridgehead atoms. The van der Waals surface area contributed by atoms with Gasteiger partial charge in [-0.05, 0) is 27.7 Å². The van der Waals surface area contributed by atoms with Gasteiger partial charge in [-0.3, -0.25) is 14.9 Å². The van der Waals surface area contributed by atoms with Gasteiger partial charge in [-0.2, -0.15) is 5.10 Å². The van der Waals surface area contributed by atoms with Gasteiger partial charge in [0.05, 0.1) is 41.1 Å². The highest BCUT2D eigenvalue weighted by Crippen LogP contribution is 2.42. The number of fused-ring (bicyclic) bond motifs is 1. The molecule has 0 spiro atoms. The lowest BCUT2D eigenvalue weighted by atomic mass is 10.0. The first-order chi connectivity index (χ1) is 16.2. The molecule has 1 amide bonds. The predicted molar refractivity (Wildman–Crippen MR) is 120 cm³/mol. The number of H-pyrrole nitrogens is 1. The van der Waals surface area contributed by atoms with E-state index in [-0.39, 0.29) is 37.2 Å². The van der Waals surface area contributed by atoms with Gasteiger partial charge in [0.2, 0.25) is 0 Å². The fourth-order valence-electron chi connectivity index (χ4n) is 4.09. The Balaban J connectivity index is 1.65. The number of ether oxygens (including phenoxy) is 1. The van der Waals surface area contributed by atoms with Crippen LogP contribution in [0.15, 0.2) is 6.20 Å². The number of aromatic nitrogens is 6. The number of hydrogen-bond donors (Lipinski definition) is 3. The third kappa shape index (κ3) is 4.10. The number of halogens is 1. The minimum Gasteiger partial charge on any atom is -0.396 e. The summed E-state index contributed by atoms with van der Waals surface area (Å²) >= 11 is 0. The Bertz CT molecular complexity index is 1240. The molecule has 34 heavy (non-hydrogen) atoms. The van der Waals surface area contributed by atoms with Crippen molar-refractivity contribution in [2.24, 2.45) is 0 Å². The molecule has 0 saturated heterocycles. The minimum absolute atomic E-state index is 0.0344. The Morgan fingerprint density at radius 1 is 1.26 bits per heavy atom. The van der Waals surface area contributed by atoms with E-state index in [1.54, 1.807) is 18.7 Å². The lowest BCUT2D eigenvalue weighted by molar-refractivity contribution is 0.0560. The predicted octanol–water partition coefficient (Wildman–Crippen LogP) is 2.06. The van der Waals surface area contributed by atoms with E-state index < -0.39 is 11.4 Å². The van der Waals surface area contributed by atoms with E-state index >= 15 is 0 Å². The molecule has 4 rings (SSSR count). The summed E-state index contributed by atoms with van der Waals surface area (Å²) in [5, 5.41) is 19.5. The van der Waals surface area contributed by atoms with Crippen LogP contribution in [0.4, 0.5) is 16.0 Å². The second-order valence-electron chi connectivity index (χ2n) is 8.58. The molecule has 1 aliphatic rings. The van der Waals surface area contributed by atoms with Crippen molar-refractivity contribution in [2.75, 3.05) is 19.0 Å². The largest absolute Gasteiger partial charge is 0.396 e. The van der Waals surface area contributed by atoms with Gasteiger partial charge in [-0.1, -0.05) is 0 Å². The van der Waals surface area contributed by atoms with Gasteiger partial charge in [-0.15, -0.1) is 0 Å². The lowest BCUT2D eigenvalue weighted by Gasteiger charge is -2.32. The molecule has 0 aliphatic carbocycles. The number of carbonyl (C=O) groups excluding carboxylic acids is 1. The van der Waals surface area contributed by atoms with Crippen LogP contribution in [0.5, 0.6) is 0 Å². The second-order valence-corrected chi connectivity index (χ2v) is 8.58. The third-order valence-corrected chi connectivity index (χ3v) is 5.91. The Labute approximate surface area is 195 Å². The van der Waals surface area contributed by atoms with E-state index in [2.05, 4.69) is 35.5 Å². The maximum atomic E-state index is 14.3. The van der Waals surface area contributed by atoms with Gasteiger partial charge in [-0.25, -0.2) is 19.3 Å². The number of carbonyl (C=O) groups is 1. The highest BCUT2D eigenvalue weighted by atomic mass is 19.1. The Morgan fingerprint density at radius 3 is 2.74 bits per heavy atom. The maximum Gasteiger partial charge on any atom is 0.275 e. The van der Waals surface area contributed by atoms with E-state index in [9.17, 15) is 14.3 Å². The number of methoxy groups -OCH3 is 1. The first-order valence-electron chi connectivity index (χ1n) is 10.8. The molecule has 1 aliphatic heterocycles. The van der Waals surface area contributed by atoms with Crippen LogP contribution in [0.3, 0.4) is 0 Å². The molecule has 12 heteroatoms. The van der Waals surface area contributed by atoms with Crippen LogP contribution in [-0.2, 0) is 29.8 Å². The summed E-state index contributed by atoms with van der Waals surface area (Å²) in [5.74, 6) is -0.272. The van der Waals surface area contributed by atoms with Gasteiger partial charge < -0.3 is 20.1 Å². The van der Waals surface area contributed by atoms with Crippen LogP contribution in [0, 0.1) is 19.7 Å². The molecule has 3 aromatic rings. The summed E-state index contributed by atoms with van der Waals surface area (Å²) in [7, 11) is 1.50. The van der Waals surface area contributed by atoms with E-state index in [1.807, 2.05) is 13.8 Å². The van der Waals surface area contributed by atoms with Crippen LogP contribution in [0.25, 0.3) is 0 Å². The molecule has 0 unspecified atom stereocenters. The van der Waals surface area contributed by atoms with Crippen molar-refractivity contribution in [3.8, 4) is 0 Å². The van der Waals surface area contributed by atoms with Crippen LogP contribution >= 0.6 is 0 Å². The fraction of sp³-hybridized carbons (Fsp3) is 0.455. The quantitative estimate of drug-likeness (QED) is 0.473. The van der Waals surface area contributed by atoms with E-state index in [1.165, 1.54) is 7.11 Å². The molecule has 180 valence electrons. The number of anilines is 2. The number of aromatic amines is 1. The number of hydrogen-bond acceptors (Lipinski definition) is 9. The molecule has 0 atom stereocenters. The first kappa shape index (κ1) is 23.6. The number of nitrogens with zero attached hydrogens (tertiary/aromatic N) is 6. The van der Waals surface area contributed by atoms with E-state index in [0.717, 1.165) is 17.5 Å². The normalized spacial score (nSPS) is 14.4. The highest BCUT2D eigenvalue weighted by Gasteiger charge is 2.44. The maximum absolute atomic E-state index is 14.3. The van der Waals surface area contributed by atoms with Crippen LogP contribution < -0.4 is 5.32 Å². The SMILES string of the molecule is COCc1ncc(F)c(Nc2n[nH]c3c2CN(C(=O)c2nc(CCO)c(C)nc2C)C3(C)C)n1. The van der Waals surface area contributed by atoms with Crippen molar-refractivity contribution in [3.05, 3.63) is 51.9 Å². The van der Waals surface area contributed by atoms with Gasteiger partial charge in [0, 0.05) is 25.7 Å². The van der Waals surface area contributed by atoms with Gasteiger partial charge in [0.1, 0.15) is 12.3 Å². The molecule has 3 aromatic heterocycles. The molecular weight excluding hydrogens is 443 g/mol. The molecule has 0 saturated carbocycles. The molecular formula is C22H27FN8O3. The van der Waals surface area contributed by atoms with E-state index in [0.29, 0.717) is 35.1 Å². The average molecular weight is 471 g/mol. The van der Waals surface area contributed by atoms with Crippen molar-refractivity contribution >= 4 is 17.5 Å². The second kappa shape index (κ2) is 9.03. The summed E-state index contributed by atoms with van der Waals surface area (Å²) in [6.45, 7) is 7.61. The van der Waals surface area contributed by atoms with Gasteiger partial charge in [0.25, 0.3) is 5.91 Å². The molecule has 11 nitrogen and oxygen atoms in total. The molecule has 0 radical (unpaired) electrons. The standard InChI is InChI=1S/C22H27FN8O3/c1-11-15(6-7-32)26-17(12(2)25-11)21(33)31-9-13-18(22(31,3)4)29-30-19(13)28-20-14(23)8-24-16(27-20)10-34-5/h8,32H,6-7,9-10H2,1-5H3,(H2,24,27,28,29,30). The van der Waals surface area contributed by atoms with Gasteiger partial charge in [0.15, 0.2) is 23.3 Å². The van der Waals surface area contributed by atoms with Crippen molar-refractivity contribution in [1.29, 1.82) is 0 Å². The van der Waals surface area contributed by atoms with Crippen LogP contribution in [0.2, 0.25) is 0 Å². The molecule has 0 fully saturated rings. The summed E-state index contributed by atoms with van der Waals surface area (Å²) < 4.78 is 19.4. The third-order valence-electron chi connectivity index (χ3n) is 5.91. The summed E-state index contributed by atoms with van der Waals surface area (Å²) in [6, 6.07) is 0. The summed E-state index contributed by atoms with van der Waals surface area (Å²) in [5.41, 5.74) is 2.73. The number of aliphatic hydroxyl groups excluding tert-OH is 1. The molecule has 3 N–H and O–H groups in total. The highest BCUT2D eigenvalue weighted by molar-refractivity contribution is 5.94. The molecule has 4 heterocycles. The van der Waals surface area contributed by atoms with Gasteiger partial charge >= 0.3 is 0 Å². The topological polar surface area (TPSA) is 142 Å². The number of aliphatic hydroxyl groups is 1. The van der Waals surface area contributed by atoms with Crippen molar-refractivity contribution in [1.82, 2.24) is 35.0 Å². The van der Waals surface area contributed by atoms with E-state index in [4.69, 9.17) is 4.74 Å². The number of aryl methyl sites for hydroxylation is 2. The van der Waals surface area contributed by atoms with Crippen molar-refractivity contribution in [2.45, 2.75) is 52.8 Å². The van der Waals surface area contributed by atoms with Crippen molar-refractivity contribution < 1.29 is 19.0 Å². The zero-order chi connectivity index (χ0) is 24.6. The summed E-state index contributed by atoms with van der Waals surface area (Å²) in [6.07, 6.45) is 1.38. The Kier molecular flexibility index (Phi) is 6.28. The lowest BCUT2D eigenvalue weighted by Crippen LogP contribution is -2.41. The molecule has 0 aromatic carbocycles. The summed E-state index contributed by atoms with van der Waals surface area (Å²) in [4.78, 5) is 32.3. The zero-order valence-electron chi connectivity index (χ0n) is 19.7. The monoisotopic (exact) mass is 470 g/mol. The van der Waals surface area contributed by atoms with Crippen molar-refractivity contribution in [3.63, 3.8) is 0 Å². The number of rotatable bonds is 7. The fourth-order valence-corrected chi connectivity index (χ4v) is 4.09. The van der Waals surface area contributed by atoms with Crippen LogP contribution in [0.1, 0.15) is 58.5 Å². The Morgan fingerprint density at radius 2 is 2.03 bits per heavy atom. The Hall–Kier alpha value is -3.51.